The number of anilines is 2. The van der Waals surface area contributed by atoms with Gasteiger partial charge in [-0.3, -0.25) is 0 Å². The molecule has 0 aliphatic heterocycles. The zero-order valence-electron chi connectivity index (χ0n) is 19.3. The van der Waals surface area contributed by atoms with Crippen LogP contribution in [0.15, 0.2) is 53.4 Å². The minimum Gasteiger partial charge on any atom is -0.495 e. The second-order valence-corrected chi connectivity index (χ2v) is 7.74. The van der Waals surface area contributed by atoms with Gasteiger partial charge in [0.2, 0.25) is 5.75 Å². The molecule has 7 nitrogen and oxygen atoms in total. The van der Waals surface area contributed by atoms with E-state index in [0.29, 0.717) is 28.7 Å². The Morgan fingerprint density at radius 2 is 1.27 bits per heavy atom. The Balaban J connectivity index is 1.82. The molecule has 0 amide bonds. The number of rotatable bonds is 10. The molecule has 3 aromatic carbocycles. The molecule has 0 saturated heterocycles. The highest BCUT2D eigenvalue weighted by Crippen LogP contribution is 2.39. The summed E-state index contributed by atoms with van der Waals surface area (Å²) in [6, 6.07) is 15.3. The van der Waals surface area contributed by atoms with E-state index in [0.717, 1.165) is 27.5 Å². The molecule has 0 spiro atoms. The van der Waals surface area contributed by atoms with E-state index >= 15 is 0 Å². The molecule has 3 rings (SSSR count). The van der Waals surface area contributed by atoms with E-state index in [9.17, 15) is 0 Å². The summed E-state index contributed by atoms with van der Waals surface area (Å²) in [5.74, 6) is 3.14. The van der Waals surface area contributed by atoms with Gasteiger partial charge >= 0.3 is 0 Å². The van der Waals surface area contributed by atoms with Crippen LogP contribution in [-0.4, -0.2) is 35.5 Å². The zero-order valence-corrected chi connectivity index (χ0v) is 20.1. The lowest BCUT2D eigenvalue weighted by atomic mass is 10.1. The Morgan fingerprint density at radius 3 is 1.85 bits per heavy atom. The Labute approximate surface area is 198 Å². The summed E-state index contributed by atoms with van der Waals surface area (Å²) < 4.78 is 30.3. The quantitative estimate of drug-likeness (QED) is 0.226. The van der Waals surface area contributed by atoms with Crippen LogP contribution in [0.4, 0.5) is 11.4 Å². The van der Waals surface area contributed by atoms with Crippen molar-refractivity contribution in [1.29, 1.82) is 0 Å². The lowest BCUT2D eigenvalue weighted by Gasteiger charge is -2.13. The average molecular weight is 469 g/mol. The second-order valence-electron chi connectivity index (χ2n) is 6.86. The van der Waals surface area contributed by atoms with E-state index in [1.165, 1.54) is 11.9 Å². The summed E-state index contributed by atoms with van der Waals surface area (Å²) in [7, 11) is 8.02. The van der Waals surface area contributed by atoms with Gasteiger partial charge in [-0.1, -0.05) is 18.2 Å². The Kier molecular flexibility index (Phi) is 8.21. The van der Waals surface area contributed by atoms with Crippen molar-refractivity contribution in [2.24, 2.45) is 0 Å². The number of benzene rings is 3. The maximum absolute atomic E-state index is 6.01. The summed E-state index contributed by atoms with van der Waals surface area (Å²) in [5.41, 5.74) is 9.33. The predicted octanol–water partition coefficient (Wildman–Crippen LogP) is 5.60. The maximum Gasteiger partial charge on any atom is 0.203 e. The van der Waals surface area contributed by atoms with Gasteiger partial charge < -0.3 is 34.1 Å². The third-order valence-corrected chi connectivity index (χ3v) is 5.67. The van der Waals surface area contributed by atoms with Gasteiger partial charge in [-0.25, -0.2) is 0 Å². The summed E-state index contributed by atoms with van der Waals surface area (Å²) in [6.07, 6.45) is 3.98. The van der Waals surface area contributed by atoms with Crippen molar-refractivity contribution < 1.29 is 23.7 Å². The van der Waals surface area contributed by atoms with Crippen LogP contribution < -0.4 is 34.1 Å². The lowest BCUT2D eigenvalue weighted by Crippen LogP contribution is -1.95. The number of hydrogen-bond acceptors (Lipinski definition) is 8. The summed E-state index contributed by atoms with van der Waals surface area (Å²) >= 11 is 1.44. The molecule has 8 heteroatoms. The van der Waals surface area contributed by atoms with E-state index in [1.54, 1.807) is 35.5 Å². The first-order valence-electron chi connectivity index (χ1n) is 10.1. The molecular weight excluding hydrogens is 440 g/mol. The van der Waals surface area contributed by atoms with Crippen LogP contribution in [0.3, 0.4) is 0 Å². The molecule has 0 saturated carbocycles. The van der Waals surface area contributed by atoms with Gasteiger partial charge in [0.1, 0.15) is 11.5 Å². The number of nitrogen functional groups attached to an aromatic ring is 1. The van der Waals surface area contributed by atoms with Crippen molar-refractivity contribution in [3.8, 4) is 28.7 Å². The van der Waals surface area contributed by atoms with Crippen molar-refractivity contribution in [3.05, 3.63) is 59.7 Å². The van der Waals surface area contributed by atoms with Crippen LogP contribution in [0.1, 0.15) is 11.1 Å². The van der Waals surface area contributed by atoms with E-state index in [4.69, 9.17) is 29.4 Å². The molecular formula is C25H28N2O5S. The second kappa shape index (κ2) is 11.3. The summed E-state index contributed by atoms with van der Waals surface area (Å²) in [5, 5.41) is 0. The monoisotopic (exact) mass is 468 g/mol. The van der Waals surface area contributed by atoms with Gasteiger partial charge in [0.25, 0.3) is 0 Å². The molecule has 0 fully saturated rings. The highest BCUT2D eigenvalue weighted by Gasteiger charge is 2.12. The molecule has 0 aromatic heterocycles. The van der Waals surface area contributed by atoms with E-state index < -0.39 is 0 Å². The SMILES string of the molecule is COc1ccc(SNc2cc(/C=C\c3cc(OC)c(OC)c(OC)c3)ccc2OC)cc1N. The van der Waals surface area contributed by atoms with E-state index in [2.05, 4.69) is 4.72 Å². The van der Waals surface area contributed by atoms with Crippen LogP contribution >= 0.6 is 11.9 Å². The normalized spacial score (nSPS) is 10.7. The number of methoxy groups -OCH3 is 5. The molecule has 174 valence electrons. The Bertz CT molecular complexity index is 1110. The number of nitrogens with one attached hydrogen (secondary N) is 1. The van der Waals surface area contributed by atoms with Gasteiger partial charge in [-0.05, 0) is 65.5 Å². The molecule has 3 aromatic rings. The highest BCUT2D eigenvalue weighted by molar-refractivity contribution is 8.00. The van der Waals surface area contributed by atoms with Crippen LogP contribution in [0.2, 0.25) is 0 Å². The Hall–Kier alpha value is -3.65. The standard InChI is InChI=1S/C25H28N2O5S/c1-28-21-11-9-18(15-19(21)26)33-27-20-12-16(8-10-22(20)29-2)6-7-17-13-23(30-3)25(32-5)24(14-17)31-4/h6-15,27H,26H2,1-5H3/b7-6-. The van der Waals surface area contributed by atoms with E-state index in [-0.39, 0.29) is 0 Å². The first-order chi connectivity index (χ1) is 16.0. The van der Waals surface area contributed by atoms with Crippen molar-refractivity contribution >= 4 is 35.5 Å². The number of hydrogen-bond donors (Lipinski definition) is 2. The molecule has 0 heterocycles. The molecule has 33 heavy (non-hydrogen) atoms. The topological polar surface area (TPSA) is 84.2 Å². The molecule has 0 unspecified atom stereocenters. The van der Waals surface area contributed by atoms with Crippen molar-refractivity contribution in [2.75, 3.05) is 46.0 Å². The largest absolute Gasteiger partial charge is 0.495 e. The zero-order chi connectivity index (χ0) is 23.8. The fraction of sp³-hybridized carbons (Fsp3) is 0.200. The van der Waals surface area contributed by atoms with Crippen molar-refractivity contribution in [2.45, 2.75) is 4.90 Å². The van der Waals surface area contributed by atoms with Gasteiger partial charge in [-0.15, -0.1) is 0 Å². The smallest absolute Gasteiger partial charge is 0.203 e. The Morgan fingerprint density at radius 1 is 0.667 bits per heavy atom. The highest BCUT2D eigenvalue weighted by atomic mass is 32.2. The molecule has 0 aliphatic carbocycles. The van der Waals surface area contributed by atoms with Crippen LogP contribution in [0, 0.1) is 0 Å². The summed E-state index contributed by atoms with van der Waals surface area (Å²) in [4.78, 5) is 0.953. The predicted molar refractivity (Wildman–Crippen MR) is 135 cm³/mol. The fourth-order valence-corrected chi connectivity index (χ4v) is 3.90. The fourth-order valence-electron chi connectivity index (χ4n) is 3.19. The molecule has 0 radical (unpaired) electrons. The van der Waals surface area contributed by atoms with Gasteiger partial charge in [0.05, 0.1) is 46.9 Å². The molecule has 0 aliphatic rings. The third kappa shape index (κ3) is 5.78. The summed E-state index contributed by atoms with van der Waals surface area (Å²) in [6.45, 7) is 0. The van der Waals surface area contributed by atoms with E-state index in [1.807, 2.05) is 60.7 Å². The lowest BCUT2D eigenvalue weighted by molar-refractivity contribution is 0.324. The third-order valence-electron chi connectivity index (χ3n) is 4.86. The molecule has 0 atom stereocenters. The van der Waals surface area contributed by atoms with Crippen molar-refractivity contribution in [1.82, 2.24) is 0 Å². The molecule has 3 N–H and O–H groups in total. The first kappa shape index (κ1) is 24.0. The van der Waals surface area contributed by atoms with Gasteiger partial charge in [-0.2, -0.15) is 0 Å². The first-order valence-corrected chi connectivity index (χ1v) is 10.9. The molecule has 0 bridgehead atoms. The average Bonchev–Trinajstić information content (AvgIpc) is 2.85. The van der Waals surface area contributed by atoms with Crippen LogP contribution in [0.5, 0.6) is 28.7 Å². The maximum atomic E-state index is 6.01. The van der Waals surface area contributed by atoms with Gasteiger partial charge in [0, 0.05) is 4.90 Å². The van der Waals surface area contributed by atoms with Crippen LogP contribution in [0.25, 0.3) is 12.2 Å². The number of nitrogens with two attached hydrogens (primary N) is 1. The van der Waals surface area contributed by atoms with Crippen LogP contribution in [-0.2, 0) is 0 Å². The minimum absolute atomic E-state index is 0.560. The minimum atomic E-state index is 0.560. The van der Waals surface area contributed by atoms with Crippen molar-refractivity contribution in [3.63, 3.8) is 0 Å². The van der Waals surface area contributed by atoms with Gasteiger partial charge in [0.15, 0.2) is 11.5 Å². The number of ether oxygens (including phenoxy) is 5.